The van der Waals surface area contributed by atoms with Gasteiger partial charge in [0, 0.05) is 24.4 Å². The summed E-state index contributed by atoms with van der Waals surface area (Å²) in [5.41, 5.74) is 0.311. The number of rotatable bonds is 6. The lowest BCUT2D eigenvalue weighted by Gasteiger charge is -2.03. The molecule has 0 saturated heterocycles. The summed E-state index contributed by atoms with van der Waals surface area (Å²) in [6, 6.07) is 4.02. The maximum absolute atomic E-state index is 13.9. The van der Waals surface area contributed by atoms with Crippen molar-refractivity contribution in [3.8, 4) is 0 Å². The molecule has 2 aromatic rings. The van der Waals surface area contributed by atoms with Crippen molar-refractivity contribution >= 4 is 5.69 Å². The number of aryl methyl sites for hydroxylation is 1. The van der Waals surface area contributed by atoms with Gasteiger partial charge in [-0.05, 0) is 12.8 Å². The number of hydrogen-bond donors (Lipinski definition) is 1. The number of nitro groups is 1. The van der Waals surface area contributed by atoms with E-state index in [1.165, 1.54) is 16.8 Å². The average molecular weight is 280 g/mol. The first-order valence-corrected chi connectivity index (χ1v) is 6.03. The molecule has 0 aliphatic heterocycles. The van der Waals surface area contributed by atoms with Gasteiger partial charge in [0.25, 0.3) is 0 Å². The summed E-state index contributed by atoms with van der Waals surface area (Å²) in [6.07, 6.45) is 2.78. The minimum Gasteiger partial charge on any atom is -0.396 e. The Morgan fingerprint density at radius 1 is 1.45 bits per heavy atom. The first kappa shape index (κ1) is 14.1. The number of nitro benzene ring substituents is 1. The lowest BCUT2D eigenvalue weighted by atomic mass is 10.2. The summed E-state index contributed by atoms with van der Waals surface area (Å²) < 4.78 is 15.3. The Hall–Kier alpha value is -2.35. The number of halogens is 1. The fourth-order valence-corrected chi connectivity index (χ4v) is 1.79. The highest BCUT2D eigenvalue weighted by molar-refractivity contribution is 5.36. The van der Waals surface area contributed by atoms with Crippen LogP contribution in [0.3, 0.4) is 0 Å². The molecule has 0 atom stereocenters. The van der Waals surface area contributed by atoms with Crippen molar-refractivity contribution in [3.63, 3.8) is 0 Å². The van der Waals surface area contributed by atoms with Crippen LogP contribution in [0.2, 0.25) is 0 Å². The maximum atomic E-state index is 13.9. The molecule has 7 nitrogen and oxygen atoms in total. The van der Waals surface area contributed by atoms with Crippen molar-refractivity contribution in [2.24, 2.45) is 0 Å². The zero-order valence-corrected chi connectivity index (χ0v) is 10.6. The Balaban J connectivity index is 2.16. The Morgan fingerprint density at radius 2 is 2.25 bits per heavy atom. The summed E-state index contributed by atoms with van der Waals surface area (Å²) in [7, 11) is 0. The van der Waals surface area contributed by atoms with E-state index in [4.69, 9.17) is 5.11 Å². The fourth-order valence-electron chi connectivity index (χ4n) is 1.79. The largest absolute Gasteiger partial charge is 0.396 e. The molecule has 0 fully saturated rings. The SMILES string of the molecule is O=[N+]([O-])c1cccc(Cn2cc(CCCO)nn2)c1F. The Kier molecular flexibility index (Phi) is 4.36. The predicted molar refractivity (Wildman–Crippen MR) is 67.6 cm³/mol. The lowest BCUT2D eigenvalue weighted by molar-refractivity contribution is -0.387. The highest BCUT2D eigenvalue weighted by atomic mass is 19.1. The quantitative estimate of drug-likeness (QED) is 0.635. The van der Waals surface area contributed by atoms with E-state index in [0.717, 1.165) is 6.07 Å². The van der Waals surface area contributed by atoms with E-state index in [9.17, 15) is 14.5 Å². The van der Waals surface area contributed by atoms with Crippen LogP contribution in [-0.2, 0) is 13.0 Å². The second-order valence-electron chi connectivity index (χ2n) is 4.24. The summed E-state index contributed by atoms with van der Waals surface area (Å²) in [6.45, 7) is 0.131. The van der Waals surface area contributed by atoms with Crippen LogP contribution in [0.5, 0.6) is 0 Å². The second kappa shape index (κ2) is 6.20. The van der Waals surface area contributed by atoms with E-state index >= 15 is 0 Å². The molecular weight excluding hydrogens is 267 g/mol. The van der Waals surface area contributed by atoms with Crippen LogP contribution in [0.1, 0.15) is 17.7 Å². The molecule has 1 aromatic carbocycles. The number of nitrogens with zero attached hydrogens (tertiary/aromatic N) is 4. The summed E-state index contributed by atoms with van der Waals surface area (Å²) >= 11 is 0. The van der Waals surface area contributed by atoms with E-state index < -0.39 is 16.4 Å². The number of aliphatic hydroxyl groups is 1. The van der Waals surface area contributed by atoms with E-state index in [1.807, 2.05) is 0 Å². The van der Waals surface area contributed by atoms with Gasteiger partial charge in [0.2, 0.25) is 5.82 Å². The summed E-state index contributed by atoms with van der Waals surface area (Å²) in [4.78, 5) is 9.90. The van der Waals surface area contributed by atoms with E-state index in [-0.39, 0.29) is 18.7 Å². The molecular formula is C12H13FN4O3. The third kappa shape index (κ3) is 3.15. The molecule has 20 heavy (non-hydrogen) atoms. The zero-order chi connectivity index (χ0) is 14.5. The van der Waals surface area contributed by atoms with Crippen LogP contribution >= 0.6 is 0 Å². The molecule has 0 bridgehead atoms. The third-order valence-corrected chi connectivity index (χ3v) is 2.76. The van der Waals surface area contributed by atoms with Gasteiger partial charge in [0.15, 0.2) is 0 Å². The molecule has 0 unspecified atom stereocenters. The Bertz CT molecular complexity index is 614. The highest BCUT2D eigenvalue weighted by Gasteiger charge is 2.17. The minimum atomic E-state index is -0.857. The highest BCUT2D eigenvalue weighted by Crippen LogP contribution is 2.20. The van der Waals surface area contributed by atoms with Gasteiger partial charge in [-0.15, -0.1) is 5.10 Å². The Labute approximate surface area is 113 Å². The molecule has 8 heteroatoms. The topological polar surface area (TPSA) is 94.1 Å². The van der Waals surface area contributed by atoms with E-state index in [0.29, 0.717) is 18.5 Å². The molecule has 0 aliphatic carbocycles. The van der Waals surface area contributed by atoms with Gasteiger partial charge in [-0.2, -0.15) is 4.39 Å². The van der Waals surface area contributed by atoms with Crippen LogP contribution in [0.4, 0.5) is 10.1 Å². The number of benzene rings is 1. The van der Waals surface area contributed by atoms with Gasteiger partial charge in [-0.1, -0.05) is 17.3 Å². The van der Waals surface area contributed by atoms with Gasteiger partial charge >= 0.3 is 5.69 Å². The van der Waals surface area contributed by atoms with Gasteiger partial charge in [-0.25, -0.2) is 4.68 Å². The number of aliphatic hydroxyl groups excluding tert-OH is 1. The molecule has 2 rings (SSSR count). The number of hydrogen-bond acceptors (Lipinski definition) is 5. The molecule has 0 saturated carbocycles. The molecule has 0 radical (unpaired) electrons. The van der Waals surface area contributed by atoms with E-state index in [2.05, 4.69) is 10.3 Å². The van der Waals surface area contributed by atoms with Crippen LogP contribution in [0.15, 0.2) is 24.4 Å². The molecule has 0 spiro atoms. The monoisotopic (exact) mass is 280 g/mol. The van der Waals surface area contributed by atoms with Crippen molar-refractivity contribution in [3.05, 3.63) is 51.6 Å². The van der Waals surface area contributed by atoms with Gasteiger partial charge < -0.3 is 5.11 Å². The van der Waals surface area contributed by atoms with Crippen LogP contribution in [0, 0.1) is 15.9 Å². The first-order chi connectivity index (χ1) is 9.61. The standard InChI is InChI=1S/C12H13FN4O3/c13-12-9(3-1-5-11(12)17(19)20)7-16-8-10(14-15-16)4-2-6-18/h1,3,5,8,18H,2,4,6-7H2. The van der Waals surface area contributed by atoms with Gasteiger partial charge in [0.1, 0.15) is 0 Å². The van der Waals surface area contributed by atoms with Crippen molar-refractivity contribution in [2.45, 2.75) is 19.4 Å². The molecule has 0 amide bonds. The third-order valence-electron chi connectivity index (χ3n) is 2.76. The predicted octanol–water partition coefficient (Wildman–Crippen LogP) is 1.30. The average Bonchev–Trinajstić information content (AvgIpc) is 2.86. The van der Waals surface area contributed by atoms with Crippen molar-refractivity contribution in [1.29, 1.82) is 0 Å². The molecule has 1 N–H and O–H groups in total. The second-order valence-corrected chi connectivity index (χ2v) is 4.24. The van der Waals surface area contributed by atoms with Crippen LogP contribution in [0.25, 0.3) is 0 Å². The molecule has 106 valence electrons. The van der Waals surface area contributed by atoms with Gasteiger partial charge in [-0.3, -0.25) is 10.1 Å². The van der Waals surface area contributed by atoms with Gasteiger partial charge in [0.05, 0.1) is 17.2 Å². The summed E-state index contributed by atoms with van der Waals surface area (Å²) in [5.74, 6) is -0.857. The molecule has 0 aliphatic rings. The maximum Gasteiger partial charge on any atom is 0.305 e. The minimum absolute atomic E-state index is 0.0619. The zero-order valence-electron chi connectivity index (χ0n) is 10.6. The van der Waals surface area contributed by atoms with Crippen molar-refractivity contribution in [2.75, 3.05) is 6.61 Å². The smallest absolute Gasteiger partial charge is 0.305 e. The molecule has 1 heterocycles. The van der Waals surface area contributed by atoms with Crippen molar-refractivity contribution in [1.82, 2.24) is 15.0 Å². The van der Waals surface area contributed by atoms with E-state index in [1.54, 1.807) is 6.20 Å². The summed E-state index contributed by atoms with van der Waals surface area (Å²) in [5, 5.41) is 27.1. The lowest BCUT2D eigenvalue weighted by Crippen LogP contribution is -2.04. The Morgan fingerprint density at radius 3 is 2.95 bits per heavy atom. The normalized spacial score (nSPS) is 10.7. The van der Waals surface area contributed by atoms with Crippen LogP contribution < -0.4 is 0 Å². The first-order valence-electron chi connectivity index (χ1n) is 6.03. The number of aromatic nitrogens is 3. The van der Waals surface area contributed by atoms with Crippen molar-refractivity contribution < 1.29 is 14.4 Å². The fraction of sp³-hybridized carbons (Fsp3) is 0.333. The molecule has 1 aromatic heterocycles. The van der Waals surface area contributed by atoms with Crippen LogP contribution in [-0.4, -0.2) is 31.6 Å².